The second-order valence-corrected chi connectivity index (χ2v) is 6.80. The van der Waals surface area contributed by atoms with Gasteiger partial charge in [0.2, 0.25) is 5.82 Å². The summed E-state index contributed by atoms with van der Waals surface area (Å²) in [6.45, 7) is 0. The van der Waals surface area contributed by atoms with Crippen molar-refractivity contribution in [3.8, 4) is 22.5 Å². The predicted molar refractivity (Wildman–Crippen MR) is 104 cm³/mol. The van der Waals surface area contributed by atoms with Gasteiger partial charge in [-0.1, -0.05) is 22.8 Å². The minimum Gasteiger partial charge on any atom is -0.497 e. The molecule has 0 fully saturated rings. The van der Waals surface area contributed by atoms with E-state index in [0.717, 1.165) is 15.8 Å². The van der Waals surface area contributed by atoms with Crippen LogP contribution in [0.1, 0.15) is 11.5 Å². The Morgan fingerprint density at radius 2 is 2.19 bits per heavy atom. The molecule has 3 aromatic heterocycles. The number of nitriles is 1. The zero-order valence-electron chi connectivity index (χ0n) is 14.0. The molecule has 0 aliphatic carbocycles. The van der Waals surface area contributed by atoms with E-state index in [1.54, 1.807) is 13.2 Å². The van der Waals surface area contributed by atoms with Crippen molar-refractivity contribution in [2.75, 3.05) is 7.11 Å². The second kappa shape index (κ2) is 7.19. The van der Waals surface area contributed by atoms with Crippen LogP contribution in [0, 0.1) is 11.3 Å². The van der Waals surface area contributed by atoms with Gasteiger partial charge in [0.05, 0.1) is 17.5 Å². The number of allylic oxidation sites excluding steroid dienone is 1. The lowest BCUT2D eigenvalue weighted by Crippen LogP contribution is -1.89. The van der Waals surface area contributed by atoms with Gasteiger partial charge in [0.15, 0.2) is 0 Å². The largest absolute Gasteiger partial charge is 0.497 e. The standard InChI is InChI=1S/C19H11ClN4O2S/c1-25-14-4-5-15-11(9-14)7-12(17(20)22-15)8-13(10-21)19-23-18(24-26-19)16-3-2-6-27-16/h2-9H,1H3/b13-8+. The molecule has 0 aliphatic heterocycles. The van der Waals surface area contributed by atoms with Crippen LogP contribution in [0.4, 0.5) is 0 Å². The number of hydrogen-bond donors (Lipinski definition) is 0. The molecule has 0 saturated heterocycles. The number of fused-ring (bicyclic) bond motifs is 1. The molecule has 0 bridgehead atoms. The summed E-state index contributed by atoms with van der Waals surface area (Å²) >= 11 is 7.78. The summed E-state index contributed by atoms with van der Waals surface area (Å²) in [7, 11) is 1.60. The molecule has 0 atom stereocenters. The summed E-state index contributed by atoms with van der Waals surface area (Å²) in [4.78, 5) is 9.53. The topological polar surface area (TPSA) is 84.8 Å². The molecule has 27 heavy (non-hydrogen) atoms. The maximum atomic E-state index is 9.54. The van der Waals surface area contributed by atoms with Gasteiger partial charge in [-0.3, -0.25) is 0 Å². The molecular weight excluding hydrogens is 384 g/mol. The molecule has 6 nitrogen and oxygen atoms in total. The van der Waals surface area contributed by atoms with E-state index >= 15 is 0 Å². The number of hydrogen-bond acceptors (Lipinski definition) is 7. The highest BCUT2D eigenvalue weighted by Crippen LogP contribution is 2.28. The van der Waals surface area contributed by atoms with Crippen molar-refractivity contribution in [1.82, 2.24) is 15.1 Å². The second-order valence-electron chi connectivity index (χ2n) is 5.50. The third-order valence-corrected chi connectivity index (χ3v) is 4.99. The van der Waals surface area contributed by atoms with E-state index in [-0.39, 0.29) is 16.6 Å². The first-order chi connectivity index (χ1) is 13.2. The zero-order chi connectivity index (χ0) is 18.8. The number of rotatable bonds is 4. The summed E-state index contributed by atoms with van der Waals surface area (Å²) in [6.07, 6.45) is 1.58. The van der Waals surface area contributed by atoms with E-state index < -0.39 is 0 Å². The number of nitrogens with zero attached hydrogens (tertiary/aromatic N) is 4. The number of methoxy groups -OCH3 is 1. The Morgan fingerprint density at radius 3 is 2.93 bits per heavy atom. The van der Waals surface area contributed by atoms with E-state index in [4.69, 9.17) is 20.9 Å². The fourth-order valence-electron chi connectivity index (χ4n) is 2.51. The molecule has 132 valence electrons. The van der Waals surface area contributed by atoms with Gasteiger partial charge < -0.3 is 9.26 Å². The van der Waals surface area contributed by atoms with Gasteiger partial charge in [-0.2, -0.15) is 10.2 Å². The Bertz CT molecular complexity index is 1190. The van der Waals surface area contributed by atoms with E-state index in [2.05, 4.69) is 21.2 Å². The Labute approximate surface area is 163 Å². The first-order valence-corrected chi connectivity index (χ1v) is 9.08. The monoisotopic (exact) mass is 394 g/mol. The number of benzene rings is 1. The van der Waals surface area contributed by atoms with Gasteiger partial charge in [0.25, 0.3) is 5.89 Å². The van der Waals surface area contributed by atoms with Gasteiger partial charge >= 0.3 is 0 Å². The van der Waals surface area contributed by atoms with E-state index in [1.165, 1.54) is 11.3 Å². The smallest absolute Gasteiger partial charge is 0.268 e. The Morgan fingerprint density at radius 1 is 1.30 bits per heavy atom. The number of thiophene rings is 1. The third-order valence-electron chi connectivity index (χ3n) is 3.82. The fourth-order valence-corrected chi connectivity index (χ4v) is 3.36. The maximum absolute atomic E-state index is 9.54. The van der Waals surface area contributed by atoms with Crippen LogP contribution < -0.4 is 4.74 Å². The fraction of sp³-hybridized carbons (Fsp3) is 0.0526. The van der Waals surface area contributed by atoms with E-state index in [9.17, 15) is 5.26 Å². The minimum atomic E-state index is 0.128. The van der Waals surface area contributed by atoms with Crippen LogP contribution in [0.15, 0.2) is 46.3 Å². The lowest BCUT2D eigenvalue weighted by molar-refractivity contribution is 0.409. The molecule has 4 rings (SSSR count). The van der Waals surface area contributed by atoms with Crippen LogP contribution in [0.2, 0.25) is 5.15 Å². The van der Waals surface area contributed by atoms with Crippen molar-refractivity contribution < 1.29 is 9.26 Å². The molecule has 4 aromatic rings. The SMILES string of the molecule is COc1ccc2nc(Cl)c(/C=C(\C#N)c3nc(-c4cccs4)no3)cc2c1. The van der Waals surface area contributed by atoms with Crippen molar-refractivity contribution in [2.45, 2.75) is 0 Å². The van der Waals surface area contributed by atoms with E-state index in [0.29, 0.717) is 17.1 Å². The van der Waals surface area contributed by atoms with E-state index in [1.807, 2.05) is 41.8 Å². The molecule has 0 saturated carbocycles. The van der Waals surface area contributed by atoms with Gasteiger partial charge in [0, 0.05) is 10.9 Å². The number of aromatic nitrogens is 3. The summed E-state index contributed by atoms with van der Waals surface area (Å²) in [5.41, 5.74) is 1.51. The van der Waals surface area contributed by atoms with Crippen LogP contribution in [-0.4, -0.2) is 22.2 Å². The van der Waals surface area contributed by atoms with Crippen LogP contribution in [-0.2, 0) is 0 Å². The molecule has 0 radical (unpaired) electrons. The number of pyridine rings is 1. The summed E-state index contributed by atoms with van der Waals surface area (Å²) in [5.74, 6) is 1.27. The molecule has 1 aromatic carbocycles. The van der Waals surface area contributed by atoms with Crippen LogP contribution in [0.3, 0.4) is 0 Å². The highest BCUT2D eigenvalue weighted by molar-refractivity contribution is 7.13. The molecule has 3 heterocycles. The number of ether oxygens (including phenoxy) is 1. The predicted octanol–water partition coefficient (Wildman–Crippen LogP) is 5.07. The Balaban J connectivity index is 1.76. The first-order valence-electron chi connectivity index (χ1n) is 7.82. The van der Waals surface area contributed by atoms with Crippen LogP contribution in [0.5, 0.6) is 5.75 Å². The van der Waals surface area contributed by atoms with Crippen molar-refractivity contribution in [1.29, 1.82) is 5.26 Å². The van der Waals surface area contributed by atoms with Crippen molar-refractivity contribution in [3.05, 3.63) is 58.4 Å². The first kappa shape index (κ1) is 17.2. The summed E-state index contributed by atoms with van der Waals surface area (Å²) < 4.78 is 10.5. The minimum absolute atomic E-state index is 0.128. The van der Waals surface area contributed by atoms with Gasteiger partial charge in [-0.15, -0.1) is 11.3 Å². The third kappa shape index (κ3) is 3.40. The lowest BCUT2D eigenvalue weighted by Gasteiger charge is -2.05. The molecule has 0 aliphatic rings. The summed E-state index contributed by atoms with van der Waals surface area (Å²) in [5, 5.41) is 16.5. The quantitative estimate of drug-likeness (QED) is 0.354. The van der Waals surface area contributed by atoms with Crippen molar-refractivity contribution in [3.63, 3.8) is 0 Å². The zero-order valence-corrected chi connectivity index (χ0v) is 15.6. The maximum Gasteiger partial charge on any atom is 0.268 e. The summed E-state index contributed by atoms with van der Waals surface area (Å²) in [6, 6.07) is 13.2. The van der Waals surface area contributed by atoms with Gasteiger partial charge in [-0.25, -0.2) is 4.98 Å². The van der Waals surface area contributed by atoms with Gasteiger partial charge in [0.1, 0.15) is 22.5 Å². The highest BCUT2D eigenvalue weighted by Gasteiger charge is 2.15. The normalized spacial score (nSPS) is 11.5. The van der Waals surface area contributed by atoms with Crippen molar-refractivity contribution in [2.24, 2.45) is 0 Å². The molecule has 0 unspecified atom stereocenters. The molecule has 0 amide bonds. The average Bonchev–Trinajstić information content (AvgIpc) is 3.37. The molecular formula is C19H11ClN4O2S. The Hall–Kier alpha value is -3.21. The van der Waals surface area contributed by atoms with Crippen LogP contribution >= 0.6 is 22.9 Å². The highest BCUT2D eigenvalue weighted by atomic mass is 35.5. The molecule has 0 spiro atoms. The molecule has 8 heteroatoms. The lowest BCUT2D eigenvalue weighted by atomic mass is 10.1. The Kier molecular flexibility index (Phi) is 4.59. The molecule has 0 N–H and O–H groups in total. The van der Waals surface area contributed by atoms with Gasteiger partial charge in [-0.05, 0) is 41.8 Å². The number of halogens is 1. The average molecular weight is 395 g/mol. The van der Waals surface area contributed by atoms with Crippen LogP contribution in [0.25, 0.3) is 33.3 Å². The van der Waals surface area contributed by atoms with Crippen molar-refractivity contribution >= 4 is 45.5 Å².